The van der Waals surface area contributed by atoms with E-state index >= 15 is 0 Å². The number of carbonyl (C=O) groups is 1. The van der Waals surface area contributed by atoms with Crippen molar-refractivity contribution < 1.29 is 13.9 Å². The van der Waals surface area contributed by atoms with Crippen molar-refractivity contribution >= 4 is 22.6 Å². The minimum Gasteiger partial charge on any atom is -0.453 e. The smallest absolute Gasteiger partial charge is 0.254 e. The molecule has 0 spiro atoms. The summed E-state index contributed by atoms with van der Waals surface area (Å²) in [6, 6.07) is 7.76. The average Bonchev–Trinajstić information content (AvgIpc) is 3.20. The Morgan fingerprint density at radius 3 is 2.86 bits per heavy atom. The molecule has 0 bridgehead atoms. The van der Waals surface area contributed by atoms with Gasteiger partial charge >= 0.3 is 0 Å². The Kier molecular flexibility index (Phi) is 5.94. The number of amides is 1. The molecule has 0 aliphatic heterocycles. The number of aromatic nitrogens is 2. The number of H-pyrrole nitrogens is 1. The second-order valence-corrected chi connectivity index (χ2v) is 5.92. The van der Waals surface area contributed by atoms with E-state index in [1.165, 1.54) is 31.3 Å². The van der Waals surface area contributed by atoms with Gasteiger partial charge in [-0.05, 0) is 30.3 Å². The average molecular weight is 393 g/mol. The van der Waals surface area contributed by atoms with E-state index in [0.717, 1.165) is 5.39 Å². The SMILES string of the molecule is C=C/C=C\C(C(=O)NC)=C(/N)Nc1ccc(Oc2ccnc3[nH]ccc23)c(F)c1. The van der Waals surface area contributed by atoms with Crippen LogP contribution >= 0.6 is 0 Å². The number of rotatable bonds is 7. The van der Waals surface area contributed by atoms with Crippen LogP contribution in [-0.2, 0) is 4.79 Å². The van der Waals surface area contributed by atoms with E-state index in [0.29, 0.717) is 17.1 Å². The van der Waals surface area contributed by atoms with Crippen molar-refractivity contribution in [3.63, 3.8) is 0 Å². The number of nitrogens with two attached hydrogens (primary N) is 1. The Labute approximate surface area is 166 Å². The zero-order valence-electron chi connectivity index (χ0n) is 15.7. The number of hydrogen-bond acceptors (Lipinski definition) is 5. The third-order valence-electron chi connectivity index (χ3n) is 4.01. The van der Waals surface area contributed by atoms with Gasteiger partial charge in [0.2, 0.25) is 0 Å². The first-order chi connectivity index (χ1) is 14.0. The Morgan fingerprint density at radius 2 is 2.14 bits per heavy atom. The quantitative estimate of drug-likeness (QED) is 0.363. The Hall–Kier alpha value is -4.07. The fourth-order valence-electron chi connectivity index (χ4n) is 2.61. The van der Waals surface area contributed by atoms with Crippen molar-refractivity contribution in [1.29, 1.82) is 0 Å². The zero-order chi connectivity index (χ0) is 20.8. The van der Waals surface area contributed by atoms with Gasteiger partial charge in [0.25, 0.3) is 5.91 Å². The van der Waals surface area contributed by atoms with Gasteiger partial charge in [0, 0.05) is 31.2 Å². The molecule has 0 atom stereocenters. The first-order valence-corrected chi connectivity index (χ1v) is 8.71. The first kappa shape index (κ1) is 19.7. The molecule has 29 heavy (non-hydrogen) atoms. The molecule has 0 unspecified atom stereocenters. The molecule has 2 heterocycles. The zero-order valence-corrected chi connectivity index (χ0v) is 15.7. The molecule has 0 aliphatic carbocycles. The number of anilines is 1. The highest BCUT2D eigenvalue weighted by atomic mass is 19.1. The molecule has 3 aromatic rings. The molecule has 0 aliphatic rings. The number of nitrogens with zero attached hydrogens (tertiary/aromatic N) is 1. The molecular weight excluding hydrogens is 373 g/mol. The predicted octanol–water partition coefficient (Wildman–Crippen LogP) is 3.56. The number of halogens is 1. The highest BCUT2D eigenvalue weighted by molar-refractivity contribution is 5.97. The van der Waals surface area contributed by atoms with Crippen LogP contribution < -0.4 is 21.1 Å². The minimum atomic E-state index is -0.591. The molecule has 7 nitrogen and oxygen atoms in total. The topological polar surface area (TPSA) is 105 Å². The van der Waals surface area contributed by atoms with Gasteiger partial charge in [-0.2, -0.15) is 0 Å². The molecule has 148 valence electrons. The third kappa shape index (κ3) is 4.44. The van der Waals surface area contributed by atoms with Gasteiger partial charge in [-0.15, -0.1) is 0 Å². The molecular formula is C21H20FN5O2. The molecule has 8 heteroatoms. The summed E-state index contributed by atoms with van der Waals surface area (Å²) in [5.74, 6) is -0.386. The summed E-state index contributed by atoms with van der Waals surface area (Å²) in [5.41, 5.74) is 7.19. The van der Waals surface area contributed by atoms with Crippen LogP contribution in [0.15, 0.2) is 78.9 Å². The van der Waals surface area contributed by atoms with Crippen LogP contribution in [-0.4, -0.2) is 22.9 Å². The van der Waals surface area contributed by atoms with E-state index in [4.69, 9.17) is 10.5 Å². The number of fused-ring (bicyclic) bond motifs is 1. The largest absolute Gasteiger partial charge is 0.453 e. The highest BCUT2D eigenvalue weighted by Crippen LogP contribution is 2.31. The van der Waals surface area contributed by atoms with E-state index in [1.54, 1.807) is 36.7 Å². The molecule has 0 fully saturated rings. The lowest BCUT2D eigenvalue weighted by molar-refractivity contribution is -0.116. The van der Waals surface area contributed by atoms with Gasteiger partial charge in [-0.25, -0.2) is 9.37 Å². The number of pyridine rings is 1. The van der Waals surface area contributed by atoms with Gasteiger partial charge in [0.1, 0.15) is 17.2 Å². The molecule has 0 saturated carbocycles. The maximum atomic E-state index is 14.6. The normalized spacial score (nSPS) is 11.9. The lowest BCUT2D eigenvalue weighted by atomic mass is 10.2. The first-order valence-electron chi connectivity index (χ1n) is 8.71. The van der Waals surface area contributed by atoms with Crippen LogP contribution in [0.25, 0.3) is 11.0 Å². The van der Waals surface area contributed by atoms with Crippen LogP contribution in [0.1, 0.15) is 0 Å². The van der Waals surface area contributed by atoms with Gasteiger partial charge < -0.3 is 26.1 Å². The van der Waals surface area contributed by atoms with Gasteiger partial charge in [0.15, 0.2) is 11.6 Å². The van der Waals surface area contributed by atoms with E-state index in [2.05, 4.69) is 27.2 Å². The van der Waals surface area contributed by atoms with Crippen LogP contribution in [0, 0.1) is 5.82 Å². The number of ether oxygens (including phenoxy) is 1. The predicted molar refractivity (Wildman–Crippen MR) is 111 cm³/mol. The number of likely N-dealkylation sites (N-methyl/N-ethyl adjacent to an activating group) is 1. The Balaban J connectivity index is 1.84. The third-order valence-corrected chi connectivity index (χ3v) is 4.01. The van der Waals surface area contributed by atoms with Gasteiger partial charge in [-0.1, -0.05) is 18.7 Å². The number of hydrogen-bond donors (Lipinski definition) is 4. The lowest BCUT2D eigenvalue weighted by Crippen LogP contribution is -2.25. The Morgan fingerprint density at radius 1 is 1.31 bits per heavy atom. The van der Waals surface area contributed by atoms with E-state index in [1.807, 2.05) is 0 Å². The van der Waals surface area contributed by atoms with Crippen molar-refractivity contribution in [2.75, 3.05) is 12.4 Å². The molecule has 1 amide bonds. The van der Waals surface area contributed by atoms with Crippen LogP contribution in [0.2, 0.25) is 0 Å². The maximum Gasteiger partial charge on any atom is 0.254 e. The molecule has 0 radical (unpaired) electrons. The standard InChI is InChI=1S/C21H20FN5O2/c1-3-4-5-15(21(28)24-2)19(23)27-13-6-7-18(16(22)12-13)29-17-9-11-26-20-14(17)8-10-25-20/h3-12,27H,1,23H2,2H3,(H,24,28)(H,25,26)/b5-4-,19-15-. The van der Waals surface area contributed by atoms with E-state index < -0.39 is 5.82 Å². The van der Waals surface area contributed by atoms with Crippen molar-refractivity contribution in [3.05, 3.63) is 84.7 Å². The summed E-state index contributed by atoms with van der Waals surface area (Å²) >= 11 is 0. The lowest BCUT2D eigenvalue weighted by Gasteiger charge is -2.12. The summed E-state index contributed by atoms with van der Waals surface area (Å²) in [6.07, 6.45) is 7.90. The number of aromatic amines is 1. The van der Waals surface area contributed by atoms with Crippen LogP contribution in [0.4, 0.5) is 10.1 Å². The summed E-state index contributed by atoms with van der Waals surface area (Å²) in [6.45, 7) is 3.56. The monoisotopic (exact) mass is 393 g/mol. The second kappa shape index (κ2) is 8.75. The van der Waals surface area contributed by atoms with Crippen molar-refractivity contribution in [2.45, 2.75) is 0 Å². The van der Waals surface area contributed by atoms with Gasteiger partial charge in [0.05, 0.1) is 11.0 Å². The van der Waals surface area contributed by atoms with Crippen LogP contribution in [0.3, 0.4) is 0 Å². The highest BCUT2D eigenvalue weighted by Gasteiger charge is 2.12. The molecule has 2 aromatic heterocycles. The molecule has 1 aromatic carbocycles. The maximum absolute atomic E-state index is 14.6. The fraction of sp³-hybridized carbons (Fsp3) is 0.0476. The summed E-state index contributed by atoms with van der Waals surface area (Å²) < 4.78 is 20.3. The number of benzene rings is 1. The van der Waals surface area contributed by atoms with E-state index in [-0.39, 0.29) is 23.1 Å². The number of carbonyl (C=O) groups excluding carboxylic acids is 1. The molecule has 3 rings (SSSR count). The molecule has 0 saturated heterocycles. The van der Waals surface area contributed by atoms with Crippen molar-refractivity contribution in [3.8, 4) is 11.5 Å². The summed E-state index contributed by atoms with van der Waals surface area (Å²) in [5, 5.41) is 6.06. The Bertz CT molecular complexity index is 1120. The van der Waals surface area contributed by atoms with Gasteiger partial charge in [-0.3, -0.25) is 4.79 Å². The van der Waals surface area contributed by atoms with Crippen molar-refractivity contribution in [2.24, 2.45) is 5.73 Å². The summed E-state index contributed by atoms with van der Waals surface area (Å²) in [7, 11) is 1.49. The number of nitrogens with one attached hydrogen (secondary N) is 3. The summed E-state index contributed by atoms with van der Waals surface area (Å²) in [4.78, 5) is 19.1. The fourth-order valence-corrected chi connectivity index (χ4v) is 2.61. The van der Waals surface area contributed by atoms with Crippen LogP contribution in [0.5, 0.6) is 11.5 Å². The second-order valence-electron chi connectivity index (χ2n) is 5.92. The number of allylic oxidation sites excluding steroid dienone is 2. The molecule has 5 N–H and O–H groups in total. The van der Waals surface area contributed by atoms with E-state index in [9.17, 15) is 9.18 Å². The minimum absolute atomic E-state index is 0.0462. The van der Waals surface area contributed by atoms with Crippen molar-refractivity contribution in [1.82, 2.24) is 15.3 Å².